The van der Waals surface area contributed by atoms with E-state index in [1.54, 1.807) is 0 Å². The van der Waals surface area contributed by atoms with Gasteiger partial charge in [0.25, 0.3) is 0 Å². The molecule has 0 unspecified atom stereocenters. The van der Waals surface area contributed by atoms with Crippen LogP contribution in [0.25, 0.3) is 0 Å². The molecule has 2 heteroatoms. The molecule has 0 aliphatic carbocycles. The quantitative estimate of drug-likeness (QED) is 0.630. The normalized spacial score (nSPS) is 14.5. The zero-order valence-corrected chi connectivity index (χ0v) is 10.5. The van der Waals surface area contributed by atoms with Crippen LogP contribution < -0.4 is 10.2 Å². The van der Waals surface area contributed by atoms with Crippen molar-refractivity contribution in [3.8, 4) is 11.8 Å². The van der Waals surface area contributed by atoms with E-state index in [4.69, 9.17) is 0 Å². The average molecular weight is 228 g/mol. The highest BCUT2D eigenvalue weighted by Crippen LogP contribution is 2.20. The Bertz CT molecular complexity index is 408. The number of nitrogens with zero attached hydrogens (tertiary/aromatic N) is 1. The van der Waals surface area contributed by atoms with Gasteiger partial charge in [-0.1, -0.05) is 17.9 Å². The minimum atomic E-state index is 0.907. The van der Waals surface area contributed by atoms with Gasteiger partial charge in [-0.05, 0) is 38.1 Å². The SMILES string of the molecule is CNCCC#Cc1cccc(N2CCCC2)c1. The third kappa shape index (κ3) is 3.51. The fraction of sp³-hybridized carbons (Fsp3) is 0.467. The lowest BCUT2D eigenvalue weighted by atomic mass is 10.2. The number of nitrogens with one attached hydrogen (secondary N) is 1. The molecule has 1 fully saturated rings. The lowest BCUT2D eigenvalue weighted by Crippen LogP contribution is -2.17. The van der Waals surface area contributed by atoms with Crippen LogP contribution in [0.15, 0.2) is 24.3 Å². The Morgan fingerprint density at radius 3 is 2.88 bits per heavy atom. The second-order valence-electron chi connectivity index (χ2n) is 4.40. The van der Waals surface area contributed by atoms with E-state index in [0.29, 0.717) is 0 Å². The predicted octanol–water partition coefficient (Wildman–Crippen LogP) is 2.25. The van der Waals surface area contributed by atoms with Crippen molar-refractivity contribution in [3.05, 3.63) is 29.8 Å². The molecule has 0 saturated carbocycles. The van der Waals surface area contributed by atoms with E-state index in [1.807, 2.05) is 7.05 Å². The predicted molar refractivity (Wildman–Crippen MR) is 73.3 cm³/mol. The monoisotopic (exact) mass is 228 g/mol. The molecule has 90 valence electrons. The van der Waals surface area contributed by atoms with E-state index in [9.17, 15) is 0 Å². The highest BCUT2D eigenvalue weighted by Gasteiger charge is 2.11. The van der Waals surface area contributed by atoms with Gasteiger partial charge >= 0.3 is 0 Å². The van der Waals surface area contributed by atoms with E-state index in [1.165, 1.54) is 31.6 Å². The Balaban J connectivity index is 2.02. The molecule has 0 radical (unpaired) electrons. The van der Waals surface area contributed by atoms with Gasteiger partial charge in [0, 0.05) is 37.3 Å². The number of hydrogen-bond acceptors (Lipinski definition) is 2. The van der Waals surface area contributed by atoms with Crippen LogP contribution in [-0.4, -0.2) is 26.7 Å². The van der Waals surface area contributed by atoms with Crippen molar-refractivity contribution in [1.29, 1.82) is 0 Å². The van der Waals surface area contributed by atoms with Crippen LogP contribution >= 0.6 is 0 Å². The first-order chi connectivity index (χ1) is 8.40. The van der Waals surface area contributed by atoms with Gasteiger partial charge in [-0.3, -0.25) is 0 Å². The molecule has 17 heavy (non-hydrogen) atoms. The van der Waals surface area contributed by atoms with Crippen molar-refractivity contribution in [1.82, 2.24) is 5.32 Å². The van der Waals surface area contributed by atoms with Gasteiger partial charge in [-0.2, -0.15) is 0 Å². The van der Waals surface area contributed by atoms with E-state index >= 15 is 0 Å². The molecule has 1 aliphatic heterocycles. The summed E-state index contributed by atoms with van der Waals surface area (Å²) in [5, 5.41) is 3.10. The third-order valence-corrected chi connectivity index (χ3v) is 3.05. The molecule has 0 spiro atoms. The zero-order chi connectivity index (χ0) is 11.9. The summed E-state index contributed by atoms with van der Waals surface area (Å²) < 4.78 is 0. The lowest BCUT2D eigenvalue weighted by molar-refractivity contribution is 0.818. The van der Waals surface area contributed by atoms with Crippen molar-refractivity contribution in [2.75, 3.05) is 31.6 Å². The van der Waals surface area contributed by atoms with Gasteiger partial charge in [-0.25, -0.2) is 0 Å². The number of benzene rings is 1. The summed E-state index contributed by atoms with van der Waals surface area (Å²) in [6.07, 6.45) is 3.54. The molecule has 0 aromatic heterocycles. The van der Waals surface area contributed by atoms with Crippen LogP contribution in [0.4, 0.5) is 5.69 Å². The molecule has 0 bridgehead atoms. The van der Waals surface area contributed by atoms with E-state index in [2.05, 4.69) is 46.3 Å². The summed E-state index contributed by atoms with van der Waals surface area (Å²) in [4.78, 5) is 2.44. The lowest BCUT2D eigenvalue weighted by Gasteiger charge is -2.17. The second kappa shape index (κ2) is 6.32. The fourth-order valence-corrected chi connectivity index (χ4v) is 2.11. The fourth-order valence-electron chi connectivity index (χ4n) is 2.11. The summed E-state index contributed by atoms with van der Waals surface area (Å²) in [5.74, 6) is 6.42. The molecule has 2 rings (SSSR count). The van der Waals surface area contributed by atoms with Crippen molar-refractivity contribution in [2.45, 2.75) is 19.3 Å². The molecule has 2 nitrogen and oxygen atoms in total. The highest BCUT2D eigenvalue weighted by atomic mass is 15.1. The largest absolute Gasteiger partial charge is 0.371 e. The van der Waals surface area contributed by atoms with Crippen molar-refractivity contribution in [2.24, 2.45) is 0 Å². The first-order valence-electron chi connectivity index (χ1n) is 6.38. The van der Waals surface area contributed by atoms with Gasteiger partial charge in [0.2, 0.25) is 0 Å². The number of hydrogen-bond donors (Lipinski definition) is 1. The summed E-state index contributed by atoms with van der Waals surface area (Å²) in [7, 11) is 1.95. The minimum Gasteiger partial charge on any atom is -0.371 e. The van der Waals surface area contributed by atoms with Crippen molar-refractivity contribution in [3.63, 3.8) is 0 Å². The van der Waals surface area contributed by atoms with Crippen LogP contribution in [0, 0.1) is 11.8 Å². The first kappa shape index (κ1) is 12.0. The van der Waals surface area contributed by atoms with Gasteiger partial charge in [0.15, 0.2) is 0 Å². The molecule has 0 amide bonds. The van der Waals surface area contributed by atoms with Crippen molar-refractivity contribution >= 4 is 5.69 Å². The van der Waals surface area contributed by atoms with Gasteiger partial charge in [0.1, 0.15) is 0 Å². The number of rotatable bonds is 3. The second-order valence-corrected chi connectivity index (χ2v) is 4.40. The topological polar surface area (TPSA) is 15.3 Å². The molecular formula is C15H20N2. The molecule has 1 saturated heterocycles. The van der Waals surface area contributed by atoms with Crippen LogP contribution in [0.1, 0.15) is 24.8 Å². The zero-order valence-electron chi connectivity index (χ0n) is 10.5. The summed E-state index contributed by atoms with van der Waals surface area (Å²) in [6.45, 7) is 3.34. The maximum atomic E-state index is 3.23. The summed E-state index contributed by atoms with van der Waals surface area (Å²) in [6, 6.07) is 8.59. The average Bonchev–Trinajstić information content (AvgIpc) is 2.89. The number of anilines is 1. The molecule has 1 aromatic carbocycles. The minimum absolute atomic E-state index is 0.907. The molecule has 1 aromatic rings. The maximum Gasteiger partial charge on any atom is 0.0378 e. The Morgan fingerprint density at radius 1 is 1.29 bits per heavy atom. The van der Waals surface area contributed by atoms with E-state index < -0.39 is 0 Å². The van der Waals surface area contributed by atoms with E-state index in [-0.39, 0.29) is 0 Å². The van der Waals surface area contributed by atoms with Crippen LogP contribution in [0.5, 0.6) is 0 Å². The van der Waals surface area contributed by atoms with Crippen LogP contribution in [-0.2, 0) is 0 Å². The molecule has 1 N–H and O–H groups in total. The van der Waals surface area contributed by atoms with Gasteiger partial charge in [-0.15, -0.1) is 0 Å². The molecule has 1 aliphatic rings. The van der Waals surface area contributed by atoms with Gasteiger partial charge in [0.05, 0.1) is 0 Å². The Hall–Kier alpha value is -1.46. The molecular weight excluding hydrogens is 208 g/mol. The standard InChI is InChI=1S/C15H20N2/c1-16-10-3-2-7-14-8-6-9-15(13-14)17-11-4-5-12-17/h6,8-9,13,16H,3-5,10-12H2,1H3. The summed E-state index contributed by atoms with van der Waals surface area (Å²) in [5.41, 5.74) is 2.45. The van der Waals surface area contributed by atoms with Crippen LogP contribution in [0.2, 0.25) is 0 Å². The first-order valence-corrected chi connectivity index (χ1v) is 6.38. The maximum absolute atomic E-state index is 3.23. The Labute approximate surface area is 104 Å². The van der Waals surface area contributed by atoms with Gasteiger partial charge < -0.3 is 10.2 Å². The van der Waals surface area contributed by atoms with Crippen molar-refractivity contribution < 1.29 is 0 Å². The third-order valence-electron chi connectivity index (χ3n) is 3.05. The van der Waals surface area contributed by atoms with Crippen LogP contribution in [0.3, 0.4) is 0 Å². The molecule has 0 atom stereocenters. The molecule has 1 heterocycles. The Kier molecular flexibility index (Phi) is 4.46. The Morgan fingerprint density at radius 2 is 2.12 bits per heavy atom. The summed E-state index contributed by atoms with van der Waals surface area (Å²) >= 11 is 0. The smallest absolute Gasteiger partial charge is 0.0378 e. The highest BCUT2D eigenvalue weighted by molar-refractivity contribution is 5.53. The van der Waals surface area contributed by atoms with E-state index in [0.717, 1.165) is 18.5 Å².